The van der Waals surface area contributed by atoms with E-state index in [1.54, 1.807) is 7.11 Å². The molecule has 0 aromatic heterocycles. The summed E-state index contributed by atoms with van der Waals surface area (Å²) >= 11 is 0. The third-order valence-corrected chi connectivity index (χ3v) is 2.92. The molecule has 0 radical (unpaired) electrons. The second kappa shape index (κ2) is 5.00. The summed E-state index contributed by atoms with van der Waals surface area (Å²) in [6, 6.07) is 14.1. The maximum atomic E-state index is 5.76. The van der Waals surface area contributed by atoms with Crippen LogP contribution in [-0.2, 0) is 0 Å². The molecule has 2 N–H and O–H groups in total. The highest BCUT2D eigenvalue weighted by atomic mass is 16.5. The molecule has 18 heavy (non-hydrogen) atoms. The minimum Gasteiger partial charge on any atom is -0.496 e. The molecule has 0 aliphatic rings. The van der Waals surface area contributed by atoms with Crippen LogP contribution in [0.4, 0.5) is 11.4 Å². The van der Waals surface area contributed by atoms with Crippen molar-refractivity contribution in [2.24, 2.45) is 0 Å². The number of hydrogen-bond acceptors (Lipinski definition) is 3. The van der Waals surface area contributed by atoms with Gasteiger partial charge in [0.15, 0.2) is 0 Å². The topological polar surface area (TPSA) is 38.5 Å². The summed E-state index contributed by atoms with van der Waals surface area (Å²) < 4.78 is 5.37. The molecule has 2 aromatic carbocycles. The number of benzene rings is 2. The zero-order valence-electron chi connectivity index (χ0n) is 11.0. The third kappa shape index (κ3) is 2.40. The minimum atomic E-state index is 0.709. The van der Waals surface area contributed by atoms with Crippen LogP contribution in [-0.4, -0.2) is 21.2 Å². The minimum absolute atomic E-state index is 0.709. The lowest BCUT2D eigenvalue weighted by Gasteiger charge is -2.14. The molecule has 0 saturated heterocycles. The average molecular weight is 242 g/mol. The van der Waals surface area contributed by atoms with Crippen LogP contribution in [0.2, 0.25) is 0 Å². The van der Waals surface area contributed by atoms with E-state index in [0.717, 1.165) is 16.9 Å². The van der Waals surface area contributed by atoms with Crippen molar-refractivity contribution in [1.82, 2.24) is 0 Å². The number of nitrogens with two attached hydrogens (primary N) is 1. The standard InChI is InChI=1S/C15H18N2O/c1-17(2)13-7-4-11(5-8-13)14-9-6-12(16)10-15(14)18-3/h4-10H,16H2,1-3H3. The Bertz CT molecular complexity index is 533. The van der Waals surface area contributed by atoms with Crippen molar-refractivity contribution in [3.8, 4) is 16.9 Å². The summed E-state index contributed by atoms with van der Waals surface area (Å²) in [4.78, 5) is 2.07. The van der Waals surface area contributed by atoms with Gasteiger partial charge in [-0.2, -0.15) is 0 Å². The monoisotopic (exact) mass is 242 g/mol. The van der Waals surface area contributed by atoms with Crippen LogP contribution in [0.25, 0.3) is 11.1 Å². The molecule has 2 rings (SSSR count). The maximum Gasteiger partial charge on any atom is 0.128 e. The molecule has 0 heterocycles. The fraction of sp³-hybridized carbons (Fsp3) is 0.200. The quantitative estimate of drug-likeness (QED) is 0.841. The molecule has 0 bridgehead atoms. The number of anilines is 2. The predicted octanol–water partition coefficient (Wildman–Crippen LogP) is 3.01. The Balaban J connectivity index is 2.42. The van der Waals surface area contributed by atoms with Gasteiger partial charge in [-0.05, 0) is 29.8 Å². The van der Waals surface area contributed by atoms with Crippen LogP contribution in [0, 0.1) is 0 Å². The molecule has 94 valence electrons. The lowest BCUT2D eigenvalue weighted by Crippen LogP contribution is -2.07. The highest BCUT2D eigenvalue weighted by molar-refractivity contribution is 5.74. The molecular weight excluding hydrogens is 224 g/mol. The molecule has 2 aromatic rings. The third-order valence-electron chi connectivity index (χ3n) is 2.92. The summed E-state index contributed by atoms with van der Waals surface area (Å²) in [7, 11) is 5.71. The number of ether oxygens (including phenoxy) is 1. The van der Waals surface area contributed by atoms with E-state index in [4.69, 9.17) is 10.5 Å². The number of nitrogens with zero attached hydrogens (tertiary/aromatic N) is 1. The maximum absolute atomic E-state index is 5.76. The van der Waals surface area contributed by atoms with E-state index in [9.17, 15) is 0 Å². The highest BCUT2D eigenvalue weighted by Crippen LogP contribution is 2.32. The van der Waals surface area contributed by atoms with Crippen molar-refractivity contribution < 1.29 is 4.74 Å². The second-order valence-corrected chi connectivity index (χ2v) is 4.40. The van der Waals surface area contributed by atoms with Gasteiger partial charge in [0.1, 0.15) is 5.75 Å². The summed E-state index contributed by atoms with van der Waals surface area (Å²) in [5, 5.41) is 0. The summed E-state index contributed by atoms with van der Waals surface area (Å²) in [5.41, 5.74) is 9.82. The van der Waals surface area contributed by atoms with Crippen molar-refractivity contribution in [3.63, 3.8) is 0 Å². The molecule has 0 unspecified atom stereocenters. The van der Waals surface area contributed by atoms with Crippen molar-refractivity contribution in [3.05, 3.63) is 42.5 Å². The van der Waals surface area contributed by atoms with Gasteiger partial charge in [-0.25, -0.2) is 0 Å². The Morgan fingerprint density at radius 3 is 2.22 bits per heavy atom. The summed E-state index contributed by atoms with van der Waals surface area (Å²) in [5.74, 6) is 0.799. The molecule has 0 saturated carbocycles. The largest absolute Gasteiger partial charge is 0.496 e. The Hall–Kier alpha value is -2.16. The van der Waals surface area contributed by atoms with Gasteiger partial charge in [-0.1, -0.05) is 12.1 Å². The molecule has 3 nitrogen and oxygen atoms in total. The fourth-order valence-corrected chi connectivity index (χ4v) is 1.89. The first-order valence-electron chi connectivity index (χ1n) is 5.83. The molecule has 0 fully saturated rings. The van der Waals surface area contributed by atoms with E-state index >= 15 is 0 Å². The van der Waals surface area contributed by atoms with Crippen LogP contribution in [0.3, 0.4) is 0 Å². The normalized spacial score (nSPS) is 10.2. The summed E-state index contributed by atoms with van der Waals surface area (Å²) in [6.45, 7) is 0. The van der Waals surface area contributed by atoms with Gasteiger partial charge in [-0.15, -0.1) is 0 Å². The number of methoxy groups -OCH3 is 1. The van der Waals surface area contributed by atoms with Crippen molar-refractivity contribution in [2.75, 3.05) is 31.8 Å². The van der Waals surface area contributed by atoms with E-state index in [1.165, 1.54) is 5.69 Å². The number of hydrogen-bond donors (Lipinski definition) is 1. The Kier molecular flexibility index (Phi) is 3.42. The predicted molar refractivity (Wildman–Crippen MR) is 77.2 cm³/mol. The van der Waals surface area contributed by atoms with Crippen LogP contribution in [0.15, 0.2) is 42.5 Å². The van der Waals surface area contributed by atoms with Crippen molar-refractivity contribution >= 4 is 11.4 Å². The SMILES string of the molecule is COc1cc(N)ccc1-c1ccc(N(C)C)cc1. The van der Waals surface area contributed by atoms with E-state index in [0.29, 0.717) is 5.69 Å². The first-order valence-corrected chi connectivity index (χ1v) is 5.83. The highest BCUT2D eigenvalue weighted by Gasteiger charge is 2.06. The number of nitrogen functional groups attached to an aromatic ring is 1. The molecule has 0 aliphatic heterocycles. The molecule has 0 aliphatic carbocycles. The average Bonchev–Trinajstić information content (AvgIpc) is 2.38. The molecule has 3 heteroatoms. The second-order valence-electron chi connectivity index (χ2n) is 4.40. The fourth-order valence-electron chi connectivity index (χ4n) is 1.89. The van der Waals surface area contributed by atoms with E-state index in [-0.39, 0.29) is 0 Å². The molecule has 0 amide bonds. The lowest BCUT2D eigenvalue weighted by molar-refractivity contribution is 0.416. The van der Waals surface area contributed by atoms with Gasteiger partial charge in [-0.3, -0.25) is 0 Å². The van der Waals surface area contributed by atoms with Gasteiger partial charge < -0.3 is 15.4 Å². The zero-order valence-corrected chi connectivity index (χ0v) is 11.0. The Morgan fingerprint density at radius 2 is 1.67 bits per heavy atom. The van der Waals surface area contributed by atoms with Crippen LogP contribution in [0.1, 0.15) is 0 Å². The van der Waals surface area contributed by atoms with Gasteiger partial charge >= 0.3 is 0 Å². The Morgan fingerprint density at radius 1 is 1.00 bits per heavy atom. The number of rotatable bonds is 3. The van der Waals surface area contributed by atoms with Crippen molar-refractivity contribution in [1.29, 1.82) is 0 Å². The Labute approximate surface area is 108 Å². The zero-order chi connectivity index (χ0) is 13.1. The van der Waals surface area contributed by atoms with Gasteiger partial charge in [0.2, 0.25) is 0 Å². The van der Waals surface area contributed by atoms with Crippen molar-refractivity contribution in [2.45, 2.75) is 0 Å². The van der Waals surface area contributed by atoms with Gasteiger partial charge in [0.25, 0.3) is 0 Å². The van der Waals surface area contributed by atoms with E-state index < -0.39 is 0 Å². The first-order chi connectivity index (χ1) is 8.61. The molecule has 0 spiro atoms. The van der Waals surface area contributed by atoms with Gasteiger partial charge in [0.05, 0.1) is 7.11 Å². The van der Waals surface area contributed by atoms with Crippen LogP contribution < -0.4 is 15.4 Å². The van der Waals surface area contributed by atoms with Crippen LogP contribution in [0.5, 0.6) is 5.75 Å². The van der Waals surface area contributed by atoms with Crippen LogP contribution >= 0.6 is 0 Å². The van der Waals surface area contributed by atoms with E-state index in [2.05, 4.69) is 29.2 Å². The summed E-state index contributed by atoms with van der Waals surface area (Å²) in [6.07, 6.45) is 0. The van der Waals surface area contributed by atoms with E-state index in [1.807, 2.05) is 32.3 Å². The lowest BCUT2D eigenvalue weighted by atomic mass is 10.0. The molecule has 0 atom stereocenters. The van der Waals surface area contributed by atoms with Gasteiger partial charge in [0, 0.05) is 37.1 Å². The molecular formula is C15H18N2O. The smallest absolute Gasteiger partial charge is 0.128 e. The first kappa shape index (κ1) is 12.3.